The smallest absolute Gasteiger partial charge is 0.260 e. The summed E-state index contributed by atoms with van der Waals surface area (Å²) >= 11 is 11.7. The molecule has 19 heavy (non-hydrogen) atoms. The van der Waals surface area contributed by atoms with Gasteiger partial charge in [-0.2, -0.15) is 0 Å². The van der Waals surface area contributed by atoms with Gasteiger partial charge in [0.2, 0.25) is 0 Å². The number of likely N-dealkylation sites (N-methyl/N-ethyl adjacent to an activating group) is 1. The number of ether oxygens (including phenoxy) is 1. The molecule has 0 bridgehead atoms. The number of benzene rings is 1. The van der Waals surface area contributed by atoms with E-state index < -0.39 is 0 Å². The van der Waals surface area contributed by atoms with Crippen LogP contribution in [0.25, 0.3) is 0 Å². The fraction of sp³-hybridized carbons (Fsp3) is 0.357. The summed E-state index contributed by atoms with van der Waals surface area (Å²) in [6.45, 7) is 8.69. The van der Waals surface area contributed by atoms with E-state index in [2.05, 4.69) is 6.58 Å². The van der Waals surface area contributed by atoms with Gasteiger partial charge in [-0.25, -0.2) is 0 Å². The molecule has 1 aromatic carbocycles. The van der Waals surface area contributed by atoms with Crippen molar-refractivity contribution >= 4 is 29.1 Å². The van der Waals surface area contributed by atoms with Gasteiger partial charge in [-0.05, 0) is 32.0 Å². The molecule has 104 valence electrons. The molecule has 1 aromatic rings. The zero-order valence-electron chi connectivity index (χ0n) is 11.1. The number of hydrogen-bond acceptors (Lipinski definition) is 2. The van der Waals surface area contributed by atoms with Crippen molar-refractivity contribution in [2.45, 2.75) is 13.8 Å². The molecular weight excluding hydrogens is 285 g/mol. The molecule has 5 heteroatoms. The third-order valence-corrected chi connectivity index (χ3v) is 2.97. The maximum atomic E-state index is 12.0. The molecule has 0 radical (unpaired) electrons. The molecule has 0 aliphatic carbocycles. The first kappa shape index (κ1) is 15.9. The topological polar surface area (TPSA) is 29.5 Å². The van der Waals surface area contributed by atoms with Crippen LogP contribution in [0.1, 0.15) is 13.8 Å². The van der Waals surface area contributed by atoms with E-state index in [9.17, 15) is 4.79 Å². The van der Waals surface area contributed by atoms with E-state index in [0.29, 0.717) is 28.9 Å². The summed E-state index contributed by atoms with van der Waals surface area (Å²) in [6, 6.07) is 4.89. The average molecular weight is 302 g/mol. The van der Waals surface area contributed by atoms with Gasteiger partial charge in [0, 0.05) is 18.1 Å². The molecule has 0 atom stereocenters. The van der Waals surface area contributed by atoms with Gasteiger partial charge >= 0.3 is 0 Å². The molecule has 1 amide bonds. The Hall–Kier alpha value is -1.19. The van der Waals surface area contributed by atoms with Gasteiger partial charge in [0.05, 0.1) is 5.02 Å². The molecule has 0 saturated carbocycles. The van der Waals surface area contributed by atoms with Gasteiger partial charge in [0.25, 0.3) is 5.91 Å². The molecule has 0 spiro atoms. The molecule has 0 heterocycles. The number of nitrogens with zero attached hydrogens (tertiary/aromatic N) is 1. The Morgan fingerprint density at radius 3 is 2.63 bits per heavy atom. The highest BCUT2D eigenvalue weighted by molar-refractivity contribution is 6.35. The molecule has 0 aliphatic rings. The van der Waals surface area contributed by atoms with E-state index in [1.165, 1.54) is 0 Å². The van der Waals surface area contributed by atoms with Crippen molar-refractivity contribution in [2.75, 3.05) is 19.7 Å². The first-order valence-electron chi connectivity index (χ1n) is 5.94. The van der Waals surface area contributed by atoms with Crippen LogP contribution in [-0.4, -0.2) is 30.5 Å². The van der Waals surface area contributed by atoms with Crippen molar-refractivity contribution in [3.05, 3.63) is 40.4 Å². The lowest BCUT2D eigenvalue weighted by molar-refractivity contribution is -0.132. The highest BCUT2D eigenvalue weighted by Crippen LogP contribution is 2.27. The van der Waals surface area contributed by atoms with Gasteiger partial charge in [-0.1, -0.05) is 35.4 Å². The zero-order chi connectivity index (χ0) is 14.4. The zero-order valence-corrected chi connectivity index (χ0v) is 12.6. The largest absolute Gasteiger partial charge is 0.482 e. The Morgan fingerprint density at radius 1 is 1.42 bits per heavy atom. The van der Waals surface area contributed by atoms with Crippen LogP contribution in [0.3, 0.4) is 0 Å². The lowest BCUT2D eigenvalue weighted by atomic mass is 10.3. The Balaban J connectivity index is 2.60. The van der Waals surface area contributed by atoms with Gasteiger partial charge in [-0.15, -0.1) is 0 Å². The minimum absolute atomic E-state index is 0.0531. The van der Waals surface area contributed by atoms with Crippen LogP contribution in [0.15, 0.2) is 30.4 Å². The lowest BCUT2D eigenvalue weighted by Crippen LogP contribution is -2.35. The Morgan fingerprint density at radius 2 is 2.11 bits per heavy atom. The highest BCUT2D eigenvalue weighted by atomic mass is 35.5. The summed E-state index contributed by atoms with van der Waals surface area (Å²) in [5, 5.41) is 0.921. The molecule has 0 N–H and O–H groups in total. The first-order valence-corrected chi connectivity index (χ1v) is 6.69. The van der Waals surface area contributed by atoms with Gasteiger partial charge < -0.3 is 9.64 Å². The minimum Gasteiger partial charge on any atom is -0.482 e. The molecule has 3 nitrogen and oxygen atoms in total. The van der Waals surface area contributed by atoms with E-state index >= 15 is 0 Å². The molecule has 0 unspecified atom stereocenters. The Kier molecular flexibility index (Phi) is 6.19. The summed E-state index contributed by atoms with van der Waals surface area (Å²) in [6.07, 6.45) is 0. The van der Waals surface area contributed by atoms with Gasteiger partial charge in [0.15, 0.2) is 6.61 Å². The molecule has 0 fully saturated rings. The van der Waals surface area contributed by atoms with Crippen molar-refractivity contribution in [2.24, 2.45) is 0 Å². The fourth-order valence-corrected chi connectivity index (χ4v) is 1.99. The maximum Gasteiger partial charge on any atom is 0.260 e. The fourth-order valence-electron chi connectivity index (χ4n) is 1.53. The van der Waals surface area contributed by atoms with E-state index in [0.717, 1.165) is 5.57 Å². The third kappa shape index (κ3) is 5.13. The summed E-state index contributed by atoms with van der Waals surface area (Å²) in [5.74, 6) is 0.349. The van der Waals surface area contributed by atoms with E-state index in [-0.39, 0.29) is 12.5 Å². The quantitative estimate of drug-likeness (QED) is 0.748. The van der Waals surface area contributed by atoms with E-state index in [1.807, 2.05) is 13.8 Å². The number of halogens is 2. The SMILES string of the molecule is C=C(C)CN(CC)C(=O)COc1ccc(Cl)cc1Cl. The van der Waals surface area contributed by atoms with Crippen molar-refractivity contribution in [1.82, 2.24) is 4.90 Å². The van der Waals surface area contributed by atoms with Crippen molar-refractivity contribution in [1.29, 1.82) is 0 Å². The average Bonchev–Trinajstić information content (AvgIpc) is 2.34. The second-order valence-electron chi connectivity index (χ2n) is 4.23. The number of hydrogen-bond donors (Lipinski definition) is 0. The van der Waals surface area contributed by atoms with Crippen LogP contribution in [-0.2, 0) is 4.79 Å². The van der Waals surface area contributed by atoms with Crippen LogP contribution in [0.2, 0.25) is 10.0 Å². The van der Waals surface area contributed by atoms with Crippen LogP contribution in [0.4, 0.5) is 0 Å². The predicted octanol–water partition coefficient (Wildman–Crippen LogP) is 3.80. The molecule has 1 rings (SSSR count). The highest BCUT2D eigenvalue weighted by Gasteiger charge is 2.13. The number of carbonyl (C=O) groups excluding carboxylic acids is 1. The normalized spacial score (nSPS) is 10.1. The maximum absolute atomic E-state index is 12.0. The van der Waals surface area contributed by atoms with Crippen LogP contribution in [0, 0.1) is 0 Å². The standard InChI is InChI=1S/C14H17Cl2NO2/c1-4-17(8-10(2)3)14(18)9-19-13-6-5-11(15)7-12(13)16/h5-7H,2,4,8-9H2,1,3H3. The minimum atomic E-state index is -0.100. The Bertz CT molecular complexity index is 475. The second-order valence-corrected chi connectivity index (χ2v) is 5.07. The number of carbonyl (C=O) groups is 1. The van der Waals surface area contributed by atoms with Crippen molar-refractivity contribution in [3.63, 3.8) is 0 Å². The lowest BCUT2D eigenvalue weighted by Gasteiger charge is -2.21. The third-order valence-electron chi connectivity index (χ3n) is 2.44. The molecular formula is C14H17Cl2NO2. The monoisotopic (exact) mass is 301 g/mol. The second kappa shape index (κ2) is 7.41. The predicted molar refractivity (Wildman–Crippen MR) is 79.0 cm³/mol. The first-order chi connectivity index (χ1) is 8.93. The van der Waals surface area contributed by atoms with E-state index in [4.69, 9.17) is 27.9 Å². The number of amides is 1. The summed E-state index contributed by atoms with van der Waals surface area (Å²) in [4.78, 5) is 13.6. The van der Waals surface area contributed by atoms with Crippen LogP contribution >= 0.6 is 23.2 Å². The van der Waals surface area contributed by atoms with Gasteiger partial charge in [-0.3, -0.25) is 4.79 Å². The summed E-state index contributed by atoms with van der Waals surface area (Å²) < 4.78 is 5.41. The summed E-state index contributed by atoms with van der Waals surface area (Å²) in [7, 11) is 0. The van der Waals surface area contributed by atoms with Crippen LogP contribution < -0.4 is 4.74 Å². The molecule has 0 saturated heterocycles. The molecule has 0 aromatic heterocycles. The molecule has 0 aliphatic heterocycles. The van der Waals surface area contributed by atoms with Gasteiger partial charge in [0.1, 0.15) is 5.75 Å². The van der Waals surface area contributed by atoms with Crippen LogP contribution in [0.5, 0.6) is 5.75 Å². The Labute approximate surface area is 123 Å². The van der Waals surface area contributed by atoms with Crippen molar-refractivity contribution < 1.29 is 9.53 Å². The van der Waals surface area contributed by atoms with Crippen molar-refractivity contribution in [3.8, 4) is 5.75 Å². The number of rotatable bonds is 6. The van der Waals surface area contributed by atoms with E-state index in [1.54, 1.807) is 23.1 Å². The summed E-state index contributed by atoms with van der Waals surface area (Å²) in [5.41, 5.74) is 0.930.